The predicted molar refractivity (Wildman–Crippen MR) is 112 cm³/mol. The van der Waals surface area contributed by atoms with E-state index in [1.54, 1.807) is 0 Å². The van der Waals surface area contributed by atoms with Gasteiger partial charge in [0.2, 0.25) is 0 Å². The molecule has 0 saturated carbocycles. The van der Waals surface area contributed by atoms with Crippen LogP contribution in [-0.4, -0.2) is 0 Å². The Hall–Kier alpha value is -2.34. The van der Waals surface area contributed by atoms with Gasteiger partial charge < -0.3 is 0 Å². The zero-order valence-corrected chi connectivity index (χ0v) is 15.8. The van der Waals surface area contributed by atoms with Crippen molar-refractivity contribution in [1.82, 2.24) is 0 Å². The second-order valence-corrected chi connectivity index (χ2v) is 8.18. The Morgan fingerprint density at radius 2 is 1.65 bits per heavy atom. The number of hydrogen-bond donors (Lipinski definition) is 0. The van der Waals surface area contributed by atoms with Crippen molar-refractivity contribution in [3.63, 3.8) is 0 Å². The normalized spacial score (nSPS) is 21.5. The molecule has 2 aliphatic carbocycles. The van der Waals surface area contributed by atoms with Gasteiger partial charge >= 0.3 is 0 Å². The van der Waals surface area contributed by atoms with Crippen molar-refractivity contribution in [2.24, 2.45) is 0 Å². The SMILES string of the molecule is Cc1ccc2c(c1)C1(C=CCCCCC1)c1cc(C)c3ccccc3c1-2. The quantitative estimate of drug-likeness (QED) is 0.379. The van der Waals surface area contributed by atoms with Crippen molar-refractivity contribution in [2.75, 3.05) is 0 Å². The fraction of sp³-hybridized carbons (Fsp3) is 0.308. The maximum Gasteiger partial charge on any atom is 0.0394 e. The highest BCUT2D eigenvalue weighted by atomic mass is 14.4. The lowest BCUT2D eigenvalue weighted by Gasteiger charge is -2.31. The van der Waals surface area contributed by atoms with Crippen molar-refractivity contribution in [1.29, 1.82) is 0 Å². The molecule has 1 atom stereocenters. The third kappa shape index (κ3) is 2.14. The minimum atomic E-state index is 0.0614. The monoisotopic (exact) mass is 338 g/mol. The molecule has 0 fully saturated rings. The van der Waals surface area contributed by atoms with Gasteiger partial charge in [-0.25, -0.2) is 0 Å². The molecule has 1 unspecified atom stereocenters. The minimum Gasteiger partial charge on any atom is -0.0873 e. The highest BCUT2D eigenvalue weighted by Crippen LogP contribution is 2.55. The maximum absolute atomic E-state index is 2.55. The van der Waals surface area contributed by atoms with Crippen LogP contribution in [0.1, 0.15) is 54.4 Å². The second-order valence-electron chi connectivity index (χ2n) is 8.18. The molecule has 2 aliphatic rings. The summed E-state index contributed by atoms with van der Waals surface area (Å²) < 4.78 is 0. The molecule has 0 aromatic heterocycles. The summed E-state index contributed by atoms with van der Waals surface area (Å²) in [6.07, 6.45) is 11.4. The van der Waals surface area contributed by atoms with Crippen molar-refractivity contribution in [3.8, 4) is 11.1 Å². The van der Waals surface area contributed by atoms with Gasteiger partial charge in [-0.05, 0) is 71.7 Å². The number of fused-ring (bicyclic) bond motifs is 7. The van der Waals surface area contributed by atoms with Gasteiger partial charge in [0.15, 0.2) is 0 Å². The first-order valence-electron chi connectivity index (χ1n) is 10.0. The van der Waals surface area contributed by atoms with Crippen LogP contribution in [0.2, 0.25) is 0 Å². The predicted octanol–water partition coefficient (Wildman–Crippen LogP) is 7.24. The molecule has 130 valence electrons. The summed E-state index contributed by atoms with van der Waals surface area (Å²) in [4.78, 5) is 0. The third-order valence-corrected chi connectivity index (χ3v) is 6.50. The number of allylic oxidation sites excluding steroid dienone is 2. The molecule has 0 amide bonds. The Labute approximate surface area is 156 Å². The molecule has 26 heavy (non-hydrogen) atoms. The molecule has 0 heteroatoms. The van der Waals surface area contributed by atoms with Crippen LogP contribution in [0.5, 0.6) is 0 Å². The van der Waals surface area contributed by atoms with Crippen LogP contribution >= 0.6 is 0 Å². The van der Waals surface area contributed by atoms with Gasteiger partial charge in [-0.15, -0.1) is 0 Å². The smallest absolute Gasteiger partial charge is 0.0394 e. The van der Waals surface area contributed by atoms with E-state index in [0.29, 0.717) is 0 Å². The Balaban J connectivity index is 1.92. The zero-order valence-electron chi connectivity index (χ0n) is 15.8. The summed E-state index contributed by atoms with van der Waals surface area (Å²) >= 11 is 0. The molecule has 0 nitrogen and oxygen atoms in total. The molecular weight excluding hydrogens is 312 g/mol. The molecule has 0 N–H and O–H groups in total. The molecular formula is C26H26. The molecule has 0 aliphatic heterocycles. The summed E-state index contributed by atoms with van der Waals surface area (Å²) in [7, 11) is 0. The van der Waals surface area contributed by atoms with Crippen molar-refractivity contribution in [3.05, 3.63) is 82.9 Å². The van der Waals surface area contributed by atoms with E-state index in [-0.39, 0.29) is 5.41 Å². The standard InChI is InChI=1S/C26H26/c1-18-12-13-22-23(16-18)26(14-8-4-3-5-9-15-26)24-17-19(2)20-10-6-7-11-21(20)25(22)24/h6-8,10-14,16-17H,3-5,9,15H2,1-2H3. The van der Waals surface area contributed by atoms with E-state index in [1.807, 2.05) is 0 Å². The Morgan fingerprint density at radius 1 is 0.808 bits per heavy atom. The van der Waals surface area contributed by atoms with Gasteiger partial charge in [0.25, 0.3) is 0 Å². The van der Waals surface area contributed by atoms with E-state index in [1.165, 1.54) is 76.3 Å². The topological polar surface area (TPSA) is 0 Å². The molecule has 3 aromatic carbocycles. The van der Waals surface area contributed by atoms with E-state index in [2.05, 4.69) is 74.5 Å². The van der Waals surface area contributed by atoms with Crippen LogP contribution < -0.4 is 0 Å². The maximum atomic E-state index is 2.55. The third-order valence-electron chi connectivity index (χ3n) is 6.50. The van der Waals surface area contributed by atoms with Gasteiger partial charge in [0.1, 0.15) is 0 Å². The molecule has 0 radical (unpaired) electrons. The Kier molecular flexibility index (Phi) is 3.57. The van der Waals surface area contributed by atoms with E-state index >= 15 is 0 Å². The largest absolute Gasteiger partial charge is 0.0873 e. The summed E-state index contributed by atoms with van der Waals surface area (Å²) in [6, 6.07) is 18.5. The Bertz CT molecular complexity index is 1040. The van der Waals surface area contributed by atoms with Gasteiger partial charge in [0, 0.05) is 5.41 Å². The van der Waals surface area contributed by atoms with Crippen LogP contribution in [0.25, 0.3) is 21.9 Å². The molecule has 0 saturated heterocycles. The lowest BCUT2D eigenvalue weighted by Crippen LogP contribution is -2.23. The van der Waals surface area contributed by atoms with Crippen LogP contribution in [0.4, 0.5) is 0 Å². The van der Waals surface area contributed by atoms with Crippen LogP contribution in [0, 0.1) is 13.8 Å². The summed E-state index contributed by atoms with van der Waals surface area (Å²) in [6.45, 7) is 4.50. The first-order valence-corrected chi connectivity index (χ1v) is 10.0. The first-order chi connectivity index (χ1) is 12.7. The van der Waals surface area contributed by atoms with Crippen LogP contribution in [-0.2, 0) is 5.41 Å². The molecule has 0 bridgehead atoms. The molecule has 3 aromatic rings. The highest BCUT2D eigenvalue weighted by molar-refractivity contribution is 6.04. The summed E-state index contributed by atoms with van der Waals surface area (Å²) in [5, 5.41) is 2.81. The summed E-state index contributed by atoms with van der Waals surface area (Å²) in [5.74, 6) is 0. The molecule has 1 spiro atoms. The van der Waals surface area contributed by atoms with E-state index in [9.17, 15) is 0 Å². The van der Waals surface area contributed by atoms with Gasteiger partial charge in [-0.2, -0.15) is 0 Å². The summed E-state index contributed by atoms with van der Waals surface area (Å²) in [5.41, 5.74) is 8.82. The lowest BCUT2D eigenvalue weighted by atomic mass is 9.72. The second kappa shape index (κ2) is 5.84. The first kappa shape index (κ1) is 15.9. The van der Waals surface area contributed by atoms with E-state index < -0.39 is 0 Å². The van der Waals surface area contributed by atoms with Crippen molar-refractivity contribution in [2.45, 2.75) is 51.4 Å². The average Bonchev–Trinajstić information content (AvgIpc) is 2.88. The Morgan fingerprint density at radius 3 is 2.54 bits per heavy atom. The number of aryl methyl sites for hydroxylation is 2. The molecule has 0 heterocycles. The fourth-order valence-corrected chi connectivity index (χ4v) is 5.25. The molecule has 5 rings (SSSR count). The van der Waals surface area contributed by atoms with E-state index in [4.69, 9.17) is 0 Å². The number of hydrogen-bond acceptors (Lipinski definition) is 0. The van der Waals surface area contributed by atoms with Gasteiger partial charge in [0.05, 0.1) is 0 Å². The van der Waals surface area contributed by atoms with Crippen LogP contribution in [0.15, 0.2) is 60.7 Å². The average molecular weight is 338 g/mol. The lowest BCUT2D eigenvalue weighted by molar-refractivity contribution is 0.519. The number of benzene rings is 3. The van der Waals surface area contributed by atoms with Gasteiger partial charge in [-0.3, -0.25) is 0 Å². The van der Waals surface area contributed by atoms with Gasteiger partial charge in [-0.1, -0.05) is 79.1 Å². The highest BCUT2D eigenvalue weighted by Gasteiger charge is 2.42. The van der Waals surface area contributed by atoms with Crippen LogP contribution in [0.3, 0.4) is 0 Å². The van der Waals surface area contributed by atoms with Crippen molar-refractivity contribution >= 4 is 10.8 Å². The number of rotatable bonds is 0. The minimum absolute atomic E-state index is 0.0614. The fourth-order valence-electron chi connectivity index (χ4n) is 5.25. The zero-order chi connectivity index (χ0) is 17.7. The van der Waals surface area contributed by atoms with E-state index in [0.717, 1.165) is 0 Å². The van der Waals surface area contributed by atoms with Crippen molar-refractivity contribution < 1.29 is 0 Å².